The molecule has 1 rings (SSSR count). The van der Waals surface area contributed by atoms with Gasteiger partial charge in [-0.15, -0.1) is 0 Å². The molecule has 0 spiro atoms. The van der Waals surface area contributed by atoms with E-state index in [2.05, 4.69) is 39.3 Å². The zero-order valence-electron chi connectivity index (χ0n) is 11.1. The lowest BCUT2D eigenvalue weighted by atomic mass is 10.3. The Hall–Kier alpha value is -0.746. The minimum absolute atomic E-state index is 0.946. The average molecular weight is 254 g/mol. The van der Waals surface area contributed by atoms with E-state index in [1.165, 1.54) is 0 Å². The third-order valence-corrected chi connectivity index (χ3v) is 3.37. The first kappa shape index (κ1) is 13.3. The van der Waals surface area contributed by atoms with Crippen LogP contribution in [-0.2, 0) is 0 Å². The van der Waals surface area contributed by atoms with Crippen LogP contribution in [0.15, 0.2) is 24.3 Å². The van der Waals surface area contributed by atoms with Gasteiger partial charge in [-0.2, -0.15) is 0 Å². The summed E-state index contributed by atoms with van der Waals surface area (Å²) in [5.74, 6) is 1.89. The van der Waals surface area contributed by atoms with Crippen LogP contribution in [0.4, 0.5) is 0 Å². The second-order valence-corrected chi connectivity index (χ2v) is 14.8. The fourth-order valence-electron chi connectivity index (χ4n) is 1.28. The summed E-state index contributed by atoms with van der Waals surface area (Å²) in [7, 11) is -2.99. The Balaban J connectivity index is 2.69. The standard InChI is InChI=1S/C12H22O2Si2/c1-15(2,3)13-11-7-9-12(10-8-11)14-16(4,5)6/h7-10H,1-6H3. The van der Waals surface area contributed by atoms with Crippen LogP contribution in [0, 0.1) is 0 Å². The largest absolute Gasteiger partial charge is 0.544 e. The highest BCUT2D eigenvalue weighted by Gasteiger charge is 2.18. The van der Waals surface area contributed by atoms with Gasteiger partial charge in [0.2, 0.25) is 16.6 Å². The maximum atomic E-state index is 5.88. The summed E-state index contributed by atoms with van der Waals surface area (Å²) in [6, 6.07) is 7.98. The van der Waals surface area contributed by atoms with Gasteiger partial charge in [0, 0.05) is 0 Å². The van der Waals surface area contributed by atoms with Gasteiger partial charge in [-0.25, -0.2) is 0 Å². The molecule has 0 heterocycles. The summed E-state index contributed by atoms with van der Waals surface area (Å²) >= 11 is 0. The van der Waals surface area contributed by atoms with Gasteiger partial charge in [0.1, 0.15) is 11.5 Å². The lowest BCUT2D eigenvalue weighted by molar-refractivity contribution is 0.542. The fourth-order valence-corrected chi connectivity index (χ4v) is 2.97. The lowest BCUT2D eigenvalue weighted by Gasteiger charge is -2.21. The van der Waals surface area contributed by atoms with Crippen LogP contribution in [0.3, 0.4) is 0 Å². The van der Waals surface area contributed by atoms with Crippen molar-refractivity contribution in [2.24, 2.45) is 0 Å². The molecule has 0 amide bonds. The zero-order valence-corrected chi connectivity index (χ0v) is 13.1. The molecule has 0 saturated heterocycles. The van der Waals surface area contributed by atoms with E-state index in [1.54, 1.807) is 0 Å². The molecule has 0 bridgehead atoms. The normalized spacial score (nSPS) is 12.4. The molecule has 0 N–H and O–H groups in total. The van der Waals surface area contributed by atoms with E-state index in [9.17, 15) is 0 Å². The quantitative estimate of drug-likeness (QED) is 0.753. The van der Waals surface area contributed by atoms with E-state index in [0.29, 0.717) is 0 Å². The van der Waals surface area contributed by atoms with Crippen molar-refractivity contribution in [1.82, 2.24) is 0 Å². The third-order valence-electron chi connectivity index (χ3n) is 1.67. The second kappa shape index (κ2) is 4.63. The first-order chi connectivity index (χ1) is 7.16. The van der Waals surface area contributed by atoms with Crippen LogP contribution in [-0.4, -0.2) is 16.6 Å². The van der Waals surface area contributed by atoms with Gasteiger partial charge in [-0.3, -0.25) is 0 Å². The monoisotopic (exact) mass is 254 g/mol. The Morgan fingerprint density at radius 2 is 0.875 bits per heavy atom. The first-order valence-electron chi connectivity index (χ1n) is 5.64. The maximum Gasteiger partial charge on any atom is 0.242 e. The summed E-state index contributed by atoms with van der Waals surface area (Å²) in [4.78, 5) is 0. The molecule has 1 aromatic carbocycles. The number of rotatable bonds is 4. The zero-order chi connectivity index (χ0) is 12.4. The molecule has 0 aliphatic carbocycles. The van der Waals surface area contributed by atoms with Crippen LogP contribution in [0.25, 0.3) is 0 Å². The molecule has 1 aromatic rings. The van der Waals surface area contributed by atoms with Gasteiger partial charge >= 0.3 is 0 Å². The number of benzene rings is 1. The van der Waals surface area contributed by atoms with Gasteiger partial charge < -0.3 is 8.85 Å². The molecule has 16 heavy (non-hydrogen) atoms. The van der Waals surface area contributed by atoms with Gasteiger partial charge in [-0.05, 0) is 63.5 Å². The molecule has 0 atom stereocenters. The van der Waals surface area contributed by atoms with E-state index in [0.717, 1.165) is 11.5 Å². The highest BCUT2D eigenvalue weighted by atomic mass is 28.4. The van der Waals surface area contributed by atoms with Gasteiger partial charge in [-0.1, -0.05) is 0 Å². The van der Waals surface area contributed by atoms with Crippen molar-refractivity contribution in [3.05, 3.63) is 24.3 Å². The highest BCUT2D eigenvalue weighted by molar-refractivity contribution is 6.70. The van der Waals surface area contributed by atoms with E-state index in [1.807, 2.05) is 24.3 Å². The molecule has 2 nitrogen and oxygen atoms in total. The summed E-state index contributed by atoms with van der Waals surface area (Å²) < 4.78 is 11.8. The van der Waals surface area contributed by atoms with Crippen molar-refractivity contribution < 1.29 is 8.85 Å². The molecule has 0 saturated carbocycles. The molecular weight excluding hydrogens is 232 g/mol. The molecule has 0 radical (unpaired) electrons. The average Bonchev–Trinajstić information content (AvgIpc) is 2.03. The Morgan fingerprint density at radius 1 is 0.625 bits per heavy atom. The highest BCUT2D eigenvalue weighted by Crippen LogP contribution is 2.22. The van der Waals surface area contributed by atoms with Crippen LogP contribution < -0.4 is 8.85 Å². The summed E-state index contributed by atoms with van der Waals surface area (Å²) in [6.07, 6.45) is 0. The minimum Gasteiger partial charge on any atom is -0.544 e. The Kier molecular flexibility index (Phi) is 3.85. The smallest absolute Gasteiger partial charge is 0.242 e. The van der Waals surface area contributed by atoms with Crippen LogP contribution >= 0.6 is 0 Å². The van der Waals surface area contributed by atoms with E-state index in [4.69, 9.17) is 8.85 Å². The van der Waals surface area contributed by atoms with E-state index in [-0.39, 0.29) is 0 Å². The molecule has 0 aliphatic rings. The van der Waals surface area contributed by atoms with Crippen molar-refractivity contribution in [1.29, 1.82) is 0 Å². The SMILES string of the molecule is C[Si](C)(C)Oc1ccc(O[Si](C)(C)C)cc1. The topological polar surface area (TPSA) is 18.5 Å². The Morgan fingerprint density at radius 3 is 1.06 bits per heavy atom. The number of hydrogen-bond donors (Lipinski definition) is 0. The molecule has 4 heteroatoms. The maximum absolute atomic E-state index is 5.88. The van der Waals surface area contributed by atoms with E-state index >= 15 is 0 Å². The van der Waals surface area contributed by atoms with Crippen molar-refractivity contribution in [2.45, 2.75) is 39.3 Å². The predicted octanol–water partition coefficient (Wildman–Crippen LogP) is 4.11. The minimum atomic E-state index is -1.49. The summed E-state index contributed by atoms with van der Waals surface area (Å²) in [5.41, 5.74) is 0. The lowest BCUT2D eigenvalue weighted by Crippen LogP contribution is -2.30. The first-order valence-corrected chi connectivity index (χ1v) is 12.5. The van der Waals surface area contributed by atoms with Gasteiger partial charge in [0.05, 0.1) is 0 Å². The van der Waals surface area contributed by atoms with Gasteiger partial charge in [0.25, 0.3) is 0 Å². The molecule has 90 valence electrons. The molecule has 0 aromatic heterocycles. The fraction of sp³-hybridized carbons (Fsp3) is 0.500. The third kappa shape index (κ3) is 5.37. The Labute approximate surface area is 101 Å². The van der Waals surface area contributed by atoms with E-state index < -0.39 is 16.6 Å². The van der Waals surface area contributed by atoms with Crippen molar-refractivity contribution in [3.8, 4) is 11.5 Å². The molecular formula is C12H22O2Si2. The van der Waals surface area contributed by atoms with Crippen LogP contribution in [0.1, 0.15) is 0 Å². The van der Waals surface area contributed by atoms with Crippen LogP contribution in [0.2, 0.25) is 39.3 Å². The van der Waals surface area contributed by atoms with Crippen molar-refractivity contribution in [3.63, 3.8) is 0 Å². The number of hydrogen-bond acceptors (Lipinski definition) is 2. The second-order valence-electron chi connectivity index (χ2n) is 5.90. The molecule has 0 fully saturated rings. The molecule has 0 unspecified atom stereocenters. The van der Waals surface area contributed by atoms with Crippen molar-refractivity contribution >= 4 is 16.6 Å². The van der Waals surface area contributed by atoms with Crippen molar-refractivity contribution in [2.75, 3.05) is 0 Å². The Bertz CT molecular complexity index is 299. The molecule has 0 aliphatic heterocycles. The predicted molar refractivity (Wildman–Crippen MR) is 74.4 cm³/mol. The van der Waals surface area contributed by atoms with Gasteiger partial charge in [0.15, 0.2) is 0 Å². The summed E-state index contributed by atoms with van der Waals surface area (Å²) in [5, 5.41) is 0. The van der Waals surface area contributed by atoms with Crippen LogP contribution in [0.5, 0.6) is 11.5 Å². The summed E-state index contributed by atoms with van der Waals surface area (Å²) in [6.45, 7) is 13.1.